The molecule has 1 aromatic heterocycles. The molecule has 4 N–H and O–H groups in total. The lowest BCUT2D eigenvalue weighted by Crippen LogP contribution is -2.22. The number of carbonyl (C=O) groups excluding carboxylic acids is 1. The first kappa shape index (κ1) is 16.1. The molecular weight excluding hydrogens is 322 g/mol. The number of nitrogens with two attached hydrogens (primary N) is 2. The highest BCUT2D eigenvalue weighted by Crippen LogP contribution is 2.31. The Kier molecular flexibility index (Phi) is 4.85. The van der Waals surface area contributed by atoms with E-state index < -0.39 is 5.97 Å². The van der Waals surface area contributed by atoms with E-state index in [-0.39, 0.29) is 16.6 Å². The van der Waals surface area contributed by atoms with Crippen molar-refractivity contribution in [3.63, 3.8) is 0 Å². The van der Waals surface area contributed by atoms with Gasteiger partial charge < -0.3 is 16.2 Å². The van der Waals surface area contributed by atoms with Crippen LogP contribution in [-0.2, 0) is 9.53 Å². The van der Waals surface area contributed by atoms with E-state index in [9.17, 15) is 4.79 Å². The molecule has 0 unspecified atom stereocenters. The zero-order chi connectivity index (χ0) is 16.3. The minimum Gasteiger partial charge on any atom is -0.464 e. The van der Waals surface area contributed by atoms with Gasteiger partial charge in [0.05, 0.1) is 12.8 Å². The highest BCUT2D eigenvalue weighted by Gasteiger charge is 2.19. The number of ether oxygens (including phenoxy) is 1. The standard InChI is InChI=1S/C15H14ClN3O2S/c1-8(10-7-22-11-6-4-3-5-9(10)11)19-13(15(20)21-2)12(16)14(17)18/h3-7H,1,17-18H2,2H3/b19-13+. The van der Waals surface area contributed by atoms with Crippen LogP contribution in [0.3, 0.4) is 0 Å². The van der Waals surface area contributed by atoms with Crippen LogP contribution in [0.4, 0.5) is 0 Å². The molecule has 0 aliphatic heterocycles. The van der Waals surface area contributed by atoms with Crippen LogP contribution in [0.25, 0.3) is 15.8 Å². The molecule has 114 valence electrons. The number of hydrogen-bond acceptors (Lipinski definition) is 6. The summed E-state index contributed by atoms with van der Waals surface area (Å²) in [7, 11) is 1.22. The Balaban J connectivity index is 2.50. The molecule has 0 saturated carbocycles. The van der Waals surface area contributed by atoms with Gasteiger partial charge in [-0.2, -0.15) is 0 Å². The van der Waals surface area contributed by atoms with Crippen molar-refractivity contribution in [1.82, 2.24) is 0 Å². The monoisotopic (exact) mass is 335 g/mol. The van der Waals surface area contributed by atoms with Crippen molar-refractivity contribution in [2.75, 3.05) is 7.11 Å². The molecule has 7 heteroatoms. The van der Waals surface area contributed by atoms with Crippen molar-refractivity contribution >= 4 is 50.4 Å². The number of methoxy groups -OCH3 is 1. The lowest BCUT2D eigenvalue weighted by atomic mass is 10.1. The van der Waals surface area contributed by atoms with Crippen molar-refractivity contribution in [1.29, 1.82) is 0 Å². The molecule has 0 radical (unpaired) electrons. The summed E-state index contributed by atoms with van der Waals surface area (Å²) in [6.45, 7) is 3.89. The topological polar surface area (TPSA) is 90.7 Å². The Hall–Kier alpha value is -2.31. The maximum Gasteiger partial charge on any atom is 0.358 e. The van der Waals surface area contributed by atoms with Crippen LogP contribution < -0.4 is 11.5 Å². The van der Waals surface area contributed by atoms with Crippen molar-refractivity contribution in [2.24, 2.45) is 16.5 Å². The molecule has 2 rings (SSSR count). The van der Waals surface area contributed by atoms with Gasteiger partial charge in [-0.1, -0.05) is 36.4 Å². The third-order valence-electron chi connectivity index (χ3n) is 2.88. The number of halogens is 1. The second kappa shape index (κ2) is 6.64. The second-order valence-electron chi connectivity index (χ2n) is 4.31. The first-order valence-electron chi connectivity index (χ1n) is 6.19. The van der Waals surface area contributed by atoms with Crippen molar-refractivity contribution in [3.05, 3.63) is 52.6 Å². The largest absolute Gasteiger partial charge is 0.464 e. The number of rotatable bonds is 4. The fourth-order valence-corrected chi connectivity index (χ4v) is 2.90. The number of fused-ring (bicyclic) bond motifs is 1. The number of thiophene rings is 1. The van der Waals surface area contributed by atoms with Crippen LogP contribution in [0.1, 0.15) is 5.56 Å². The summed E-state index contributed by atoms with van der Waals surface area (Å²) >= 11 is 7.50. The summed E-state index contributed by atoms with van der Waals surface area (Å²) in [6.07, 6.45) is 0. The van der Waals surface area contributed by atoms with Gasteiger partial charge >= 0.3 is 5.97 Å². The highest BCUT2D eigenvalue weighted by molar-refractivity contribution is 7.17. The number of benzene rings is 1. The average molecular weight is 336 g/mol. The van der Waals surface area contributed by atoms with E-state index in [0.717, 1.165) is 15.6 Å². The van der Waals surface area contributed by atoms with Crippen LogP contribution in [0.2, 0.25) is 0 Å². The van der Waals surface area contributed by atoms with Gasteiger partial charge in [-0.3, -0.25) is 0 Å². The van der Waals surface area contributed by atoms with E-state index in [1.165, 1.54) is 7.11 Å². The fraction of sp³-hybridized carbons (Fsp3) is 0.0667. The van der Waals surface area contributed by atoms with Crippen molar-refractivity contribution < 1.29 is 9.53 Å². The molecule has 0 atom stereocenters. The number of esters is 1. The molecule has 1 heterocycles. The summed E-state index contributed by atoms with van der Waals surface area (Å²) in [6, 6.07) is 7.81. The first-order valence-corrected chi connectivity index (χ1v) is 7.45. The Bertz CT molecular complexity index is 804. The second-order valence-corrected chi connectivity index (χ2v) is 5.60. The number of hydrogen-bond donors (Lipinski definition) is 2. The summed E-state index contributed by atoms with van der Waals surface area (Å²) in [5.74, 6) is -0.951. The van der Waals surface area contributed by atoms with E-state index in [4.69, 9.17) is 23.1 Å². The molecule has 22 heavy (non-hydrogen) atoms. The van der Waals surface area contributed by atoms with Gasteiger partial charge in [0.1, 0.15) is 10.9 Å². The number of aliphatic imine (C=N–C) groups is 1. The van der Waals surface area contributed by atoms with Gasteiger partial charge in [0, 0.05) is 21.0 Å². The third-order valence-corrected chi connectivity index (χ3v) is 4.24. The minimum atomic E-state index is -0.737. The van der Waals surface area contributed by atoms with E-state index in [1.54, 1.807) is 11.3 Å². The molecule has 0 saturated heterocycles. The predicted octanol–water partition coefficient (Wildman–Crippen LogP) is 2.81. The van der Waals surface area contributed by atoms with Gasteiger partial charge in [0.25, 0.3) is 0 Å². The zero-order valence-corrected chi connectivity index (χ0v) is 13.4. The molecule has 0 aliphatic rings. The minimum absolute atomic E-state index is 0.160. The van der Waals surface area contributed by atoms with Gasteiger partial charge in [0.15, 0.2) is 5.71 Å². The lowest BCUT2D eigenvalue weighted by Gasteiger charge is -2.06. The van der Waals surface area contributed by atoms with Gasteiger partial charge in [0.2, 0.25) is 0 Å². The smallest absolute Gasteiger partial charge is 0.358 e. The van der Waals surface area contributed by atoms with E-state index in [2.05, 4.69) is 16.3 Å². The van der Waals surface area contributed by atoms with Gasteiger partial charge in [-0.15, -0.1) is 11.3 Å². The highest BCUT2D eigenvalue weighted by atomic mass is 35.5. The molecule has 0 aliphatic carbocycles. The Morgan fingerprint density at radius 2 is 2.05 bits per heavy atom. The zero-order valence-electron chi connectivity index (χ0n) is 11.8. The summed E-state index contributed by atoms with van der Waals surface area (Å²) < 4.78 is 5.74. The molecule has 0 spiro atoms. The maximum absolute atomic E-state index is 11.8. The van der Waals surface area contributed by atoms with E-state index in [1.807, 2.05) is 29.6 Å². The van der Waals surface area contributed by atoms with Crippen LogP contribution in [0, 0.1) is 0 Å². The first-order chi connectivity index (χ1) is 10.5. The maximum atomic E-state index is 11.8. The third kappa shape index (κ3) is 3.13. The Morgan fingerprint density at radius 3 is 2.68 bits per heavy atom. The molecule has 5 nitrogen and oxygen atoms in total. The number of carbonyl (C=O) groups is 1. The fourth-order valence-electron chi connectivity index (χ4n) is 1.81. The van der Waals surface area contributed by atoms with Gasteiger partial charge in [-0.25, -0.2) is 9.79 Å². The van der Waals surface area contributed by atoms with Gasteiger partial charge in [-0.05, 0) is 6.07 Å². The quantitative estimate of drug-likeness (QED) is 0.664. The predicted molar refractivity (Wildman–Crippen MR) is 91.6 cm³/mol. The lowest BCUT2D eigenvalue weighted by molar-refractivity contribution is -0.132. The Morgan fingerprint density at radius 1 is 1.36 bits per heavy atom. The number of nitrogens with zero attached hydrogens (tertiary/aromatic N) is 1. The SMILES string of the molecule is C=C(/N=C(/C(=O)OC)C(Cl)=C(N)N)c1csc2ccccc12. The molecular formula is C15H14ClN3O2S. The summed E-state index contributed by atoms with van der Waals surface area (Å²) in [5, 5.41) is 2.74. The Labute approximate surface area is 136 Å². The molecule has 0 bridgehead atoms. The molecule has 0 fully saturated rings. The van der Waals surface area contributed by atoms with Crippen LogP contribution in [0.15, 0.2) is 52.1 Å². The van der Waals surface area contributed by atoms with E-state index in [0.29, 0.717) is 5.70 Å². The van der Waals surface area contributed by atoms with E-state index >= 15 is 0 Å². The van der Waals surface area contributed by atoms with Crippen LogP contribution in [0.5, 0.6) is 0 Å². The summed E-state index contributed by atoms with van der Waals surface area (Å²) in [4.78, 5) is 16.0. The van der Waals surface area contributed by atoms with Crippen LogP contribution in [-0.4, -0.2) is 18.8 Å². The summed E-state index contributed by atoms with van der Waals surface area (Å²) in [5.41, 5.74) is 11.9. The molecule has 0 amide bonds. The molecule has 1 aromatic carbocycles. The molecule has 2 aromatic rings. The average Bonchev–Trinajstić information content (AvgIpc) is 2.95. The normalized spacial score (nSPS) is 11.3. The van der Waals surface area contributed by atoms with Crippen molar-refractivity contribution in [3.8, 4) is 0 Å². The van der Waals surface area contributed by atoms with Crippen molar-refractivity contribution in [2.45, 2.75) is 0 Å². The van der Waals surface area contributed by atoms with Crippen LogP contribution >= 0.6 is 22.9 Å².